The Balaban J connectivity index is 1.84. The molecule has 2 aromatic carbocycles. The first-order valence-corrected chi connectivity index (χ1v) is 10.6. The molecule has 0 bridgehead atoms. The first-order valence-electron chi connectivity index (χ1n) is 10.6. The maximum atomic E-state index is 13.7. The largest absolute Gasteiger partial charge is 0.494 e. The van der Waals surface area contributed by atoms with Gasteiger partial charge in [0.25, 0.3) is 5.91 Å². The van der Waals surface area contributed by atoms with E-state index in [0.717, 1.165) is 11.8 Å². The van der Waals surface area contributed by atoms with E-state index < -0.39 is 23.4 Å². The smallest absolute Gasteiger partial charge is 0.434 e. The van der Waals surface area contributed by atoms with E-state index in [0.29, 0.717) is 17.0 Å². The Morgan fingerprint density at radius 3 is 2.32 bits per heavy atom. The fourth-order valence-corrected chi connectivity index (χ4v) is 3.40. The molecule has 0 aliphatic carbocycles. The number of ether oxygens (including phenoxy) is 2. The first kappa shape index (κ1) is 24.8. The van der Waals surface area contributed by atoms with Crippen LogP contribution in [0.2, 0.25) is 0 Å². The molecular weight excluding hydrogens is 451 g/mol. The second-order valence-corrected chi connectivity index (χ2v) is 7.29. The normalized spacial score (nSPS) is 11.2. The Morgan fingerprint density at radius 1 is 1.03 bits per heavy atom. The number of amides is 1. The van der Waals surface area contributed by atoms with Gasteiger partial charge < -0.3 is 14.4 Å². The van der Waals surface area contributed by atoms with Crippen LogP contribution in [0.15, 0.2) is 54.7 Å². The quantitative estimate of drug-likeness (QED) is 0.440. The molecule has 0 aliphatic heterocycles. The van der Waals surface area contributed by atoms with E-state index in [9.17, 15) is 22.8 Å². The molecule has 0 N–H and O–H groups in total. The van der Waals surface area contributed by atoms with E-state index in [1.54, 1.807) is 7.05 Å². The molecule has 10 heteroatoms. The molecule has 0 aliphatic rings. The predicted molar refractivity (Wildman–Crippen MR) is 118 cm³/mol. The molecule has 0 saturated carbocycles. The second-order valence-electron chi connectivity index (χ2n) is 7.29. The molecule has 34 heavy (non-hydrogen) atoms. The fraction of sp³-hybridized carbons (Fsp3) is 0.292. The van der Waals surface area contributed by atoms with Gasteiger partial charge in [-0.2, -0.15) is 18.3 Å². The molecule has 3 aromatic rings. The summed E-state index contributed by atoms with van der Waals surface area (Å²) in [6.45, 7) is 4.07. The van der Waals surface area contributed by atoms with E-state index in [2.05, 4.69) is 5.10 Å². The molecule has 1 aromatic heterocycles. The number of halogens is 3. The van der Waals surface area contributed by atoms with Crippen LogP contribution in [0.5, 0.6) is 5.75 Å². The average molecular weight is 475 g/mol. The van der Waals surface area contributed by atoms with E-state index in [4.69, 9.17) is 9.47 Å². The summed E-state index contributed by atoms with van der Waals surface area (Å²) in [5.74, 6) is -0.751. The molecule has 7 nitrogen and oxygen atoms in total. The van der Waals surface area contributed by atoms with Gasteiger partial charge in [-0.3, -0.25) is 4.79 Å². The molecule has 3 rings (SSSR count). The lowest BCUT2D eigenvalue weighted by atomic mass is 10.1. The monoisotopic (exact) mass is 475 g/mol. The molecule has 0 saturated heterocycles. The summed E-state index contributed by atoms with van der Waals surface area (Å²) < 4.78 is 52.0. The molecule has 0 atom stereocenters. The van der Waals surface area contributed by atoms with Crippen molar-refractivity contribution in [3.63, 3.8) is 0 Å². The van der Waals surface area contributed by atoms with Crippen LogP contribution in [-0.2, 0) is 17.5 Å². The van der Waals surface area contributed by atoms with Gasteiger partial charge in [0, 0.05) is 24.7 Å². The zero-order valence-corrected chi connectivity index (χ0v) is 18.9. The lowest BCUT2D eigenvalue weighted by Gasteiger charge is -2.19. The highest BCUT2D eigenvalue weighted by Gasteiger charge is 2.41. The number of para-hydroxylation sites is 1. The van der Waals surface area contributed by atoms with E-state index >= 15 is 0 Å². The molecule has 0 radical (unpaired) electrons. The maximum Gasteiger partial charge on any atom is 0.434 e. The van der Waals surface area contributed by atoms with E-state index in [1.807, 2.05) is 31.2 Å². The van der Waals surface area contributed by atoms with Gasteiger partial charge in [-0.25, -0.2) is 9.48 Å². The minimum atomic E-state index is -4.85. The molecule has 0 fully saturated rings. The summed E-state index contributed by atoms with van der Waals surface area (Å²) >= 11 is 0. The third-order valence-electron chi connectivity index (χ3n) is 4.92. The van der Waals surface area contributed by atoms with Crippen LogP contribution < -0.4 is 4.74 Å². The molecular formula is C24H24F3N3O4. The van der Waals surface area contributed by atoms with Crippen molar-refractivity contribution in [2.24, 2.45) is 0 Å². The van der Waals surface area contributed by atoms with Crippen LogP contribution in [0.25, 0.3) is 5.69 Å². The summed E-state index contributed by atoms with van der Waals surface area (Å²) in [6.07, 6.45) is -4.02. The van der Waals surface area contributed by atoms with Gasteiger partial charge in [-0.1, -0.05) is 18.2 Å². The Hall–Kier alpha value is -3.82. The van der Waals surface area contributed by atoms with Crippen molar-refractivity contribution in [2.45, 2.75) is 26.6 Å². The molecule has 1 heterocycles. The second kappa shape index (κ2) is 10.4. The highest BCUT2D eigenvalue weighted by molar-refractivity contribution is 5.94. The number of esters is 1. The van der Waals surface area contributed by atoms with Crippen molar-refractivity contribution in [3.05, 3.63) is 77.1 Å². The number of aromatic nitrogens is 2. The minimum absolute atomic E-state index is 0.0452. The van der Waals surface area contributed by atoms with Crippen molar-refractivity contribution in [3.8, 4) is 11.4 Å². The van der Waals surface area contributed by atoms with Crippen molar-refractivity contribution in [1.29, 1.82) is 0 Å². The Labute approximate surface area is 194 Å². The van der Waals surface area contributed by atoms with Gasteiger partial charge in [-0.05, 0) is 44.2 Å². The molecule has 180 valence electrons. The Morgan fingerprint density at radius 2 is 1.71 bits per heavy atom. The summed E-state index contributed by atoms with van der Waals surface area (Å²) in [5.41, 5.74) is -0.762. The lowest BCUT2D eigenvalue weighted by Crippen LogP contribution is -2.26. The van der Waals surface area contributed by atoms with Gasteiger partial charge in [0.1, 0.15) is 11.3 Å². The standard InChI is InChI=1S/C24H24F3N3O4/c1-4-33-20-9-7-6-8-17(20)15-29(3)22(31)16-10-12-18(13-11-16)30-21(24(25,26)27)19(14-28-30)23(32)34-5-2/h6-14H,4-5,15H2,1-3H3. The van der Waals surface area contributed by atoms with Gasteiger partial charge in [0.15, 0.2) is 5.69 Å². The van der Waals surface area contributed by atoms with Gasteiger partial charge in [0.05, 0.1) is 25.1 Å². The predicted octanol–water partition coefficient (Wildman–Crippen LogP) is 4.74. The van der Waals surface area contributed by atoms with E-state index in [-0.39, 0.29) is 30.3 Å². The van der Waals surface area contributed by atoms with Gasteiger partial charge in [-0.15, -0.1) is 0 Å². The van der Waals surface area contributed by atoms with E-state index in [1.165, 1.54) is 36.1 Å². The zero-order valence-electron chi connectivity index (χ0n) is 18.9. The number of alkyl halides is 3. The molecule has 0 unspecified atom stereocenters. The maximum absolute atomic E-state index is 13.7. The number of hydrogen-bond donors (Lipinski definition) is 0. The van der Waals surface area contributed by atoms with Crippen molar-refractivity contribution >= 4 is 11.9 Å². The number of benzene rings is 2. The number of nitrogens with zero attached hydrogens (tertiary/aromatic N) is 3. The van der Waals surface area contributed by atoms with Crippen LogP contribution >= 0.6 is 0 Å². The third-order valence-corrected chi connectivity index (χ3v) is 4.92. The van der Waals surface area contributed by atoms with Gasteiger partial charge in [0.2, 0.25) is 0 Å². The van der Waals surface area contributed by atoms with Crippen molar-refractivity contribution < 1.29 is 32.2 Å². The third kappa shape index (κ3) is 5.38. The number of rotatable bonds is 8. The number of carbonyl (C=O) groups excluding carboxylic acids is 2. The summed E-state index contributed by atoms with van der Waals surface area (Å²) in [6, 6.07) is 12.9. The first-order chi connectivity index (χ1) is 16.2. The number of hydrogen-bond acceptors (Lipinski definition) is 5. The summed E-state index contributed by atoms with van der Waals surface area (Å²) in [7, 11) is 1.62. The Bertz CT molecular complexity index is 1160. The van der Waals surface area contributed by atoms with Crippen LogP contribution in [0.3, 0.4) is 0 Å². The molecule has 1 amide bonds. The number of carbonyl (C=O) groups is 2. The average Bonchev–Trinajstić information content (AvgIpc) is 3.26. The topological polar surface area (TPSA) is 73.7 Å². The van der Waals surface area contributed by atoms with Crippen LogP contribution in [0.1, 0.15) is 45.8 Å². The summed E-state index contributed by atoms with van der Waals surface area (Å²) in [5, 5.41) is 3.74. The lowest BCUT2D eigenvalue weighted by molar-refractivity contribution is -0.143. The Kier molecular flexibility index (Phi) is 7.60. The summed E-state index contributed by atoms with van der Waals surface area (Å²) in [4.78, 5) is 26.3. The molecule has 0 spiro atoms. The minimum Gasteiger partial charge on any atom is -0.494 e. The van der Waals surface area contributed by atoms with Crippen molar-refractivity contribution in [1.82, 2.24) is 14.7 Å². The highest BCUT2D eigenvalue weighted by Crippen LogP contribution is 2.34. The highest BCUT2D eigenvalue weighted by atomic mass is 19.4. The van der Waals surface area contributed by atoms with Crippen LogP contribution in [0.4, 0.5) is 13.2 Å². The van der Waals surface area contributed by atoms with Crippen LogP contribution in [-0.4, -0.2) is 46.8 Å². The fourth-order valence-electron chi connectivity index (χ4n) is 3.40. The van der Waals surface area contributed by atoms with Crippen molar-refractivity contribution in [2.75, 3.05) is 20.3 Å². The SMILES string of the molecule is CCOC(=O)c1cnn(-c2ccc(C(=O)N(C)Cc3ccccc3OCC)cc2)c1C(F)(F)F. The van der Waals surface area contributed by atoms with Gasteiger partial charge >= 0.3 is 12.1 Å². The zero-order chi connectivity index (χ0) is 24.9. The van der Waals surface area contributed by atoms with Crippen LogP contribution in [0, 0.1) is 0 Å².